The first-order valence-corrected chi connectivity index (χ1v) is 7.48. The minimum atomic E-state index is -0.422. The van der Waals surface area contributed by atoms with Crippen molar-refractivity contribution in [2.75, 3.05) is 11.9 Å². The van der Waals surface area contributed by atoms with E-state index in [1.807, 2.05) is 6.07 Å². The molecule has 2 atom stereocenters. The van der Waals surface area contributed by atoms with E-state index < -0.39 is 5.92 Å². The number of allylic oxidation sites excluding steroid dienone is 2. The van der Waals surface area contributed by atoms with Gasteiger partial charge in [-0.15, -0.1) is 0 Å². The molecule has 3 rings (SSSR count). The number of benzene rings is 1. The molecular formula is C16H15ClN2O3. The van der Waals surface area contributed by atoms with Crippen LogP contribution in [-0.2, 0) is 14.4 Å². The molecule has 1 aliphatic carbocycles. The van der Waals surface area contributed by atoms with Crippen molar-refractivity contribution in [2.24, 2.45) is 11.8 Å². The van der Waals surface area contributed by atoms with Crippen LogP contribution in [-0.4, -0.2) is 29.2 Å². The van der Waals surface area contributed by atoms with Gasteiger partial charge in [-0.3, -0.25) is 19.3 Å². The fourth-order valence-electron chi connectivity index (χ4n) is 2.92. The van der Waals surface area contributed by atoms with Crippen molar-refractivity contribution in [3.8, 4) is 0 Å². The van der Waals surface area contributed by atoms with Crippen molar-refractivity contribution >= 4 is 35.0 Å². The molecule has 5 nitrogen and oxygen atoms in total. The van der Waals surface area contributed by atoms with Crippen LogP contribution in [0.3, 0.4) is 0 Å². The van der Waals surface area contributed by atoms with E-state index in [2.05, 4.69) is 5.32 Å². The van der Waals surface area contributed by atoms with Gasteiger partial charge in [0.2, 0.25) is 17.7 Å². The normalized spacial score (nSPS) is 24.0. The summed E-state index contributed by atoms with van der Waals surface area (Å²) in [6.07, 6.45) is 2.62. The first-order valence-electron chi connectivity index (χ1n) is 7.11. The summed E-state index contributed by atoms with van der Waals surface area (Å²) in [6.45, 7) is -0.253. The molecule has 0 unspecified atom stereocenters. The smallest absolute Gasteiger partial charge is 0.244 e. The monoisotopic (exact) mass is 318 g/mol. The molecule has 0 saturated carbocycles. The summed E-state index contributed by atoms with van der Waals surface area (Å²) >= 11 is 5.96. The summed E-state index contributed by atoms with van der Waals surface area (Å²) in [5, 5.41) is 3.29. The van der Waals surface area contributed by atoms with Crippen LogP contribution >= 0.6 is 11.6 Å². The Morgan fingerprint density at radius 2 is 1.86 bits per heavy atom. The van der Waals surface area contributed by atoms with E-state index in [4.69, 9.17) is 11.6 Å². The second-order valence-electron chi connectivity index (χ2n) is 5.48. The maximum absolute atomic E-state index is 12.3. The molecule has 0 radical (unpaired) electrons. The van der Waals surface area contributed by atoms with Crippen LogP contribution in [0.2, 0.25) is 0 Å². The molecule has 1 aromatic rings. The zero-order chi connectivity index (χ0) is 15.7. The maximum atomic E-state index is 12.3. The molecule has 2 aliphatic rings. The van der Waals surface area contributed by atoms with Gasteiger partial charge in [0.1, 0.15) is 6.54 Å². The quantitative estimate of drug-likeness (QED) is 0.868. The van der Waals surface area contributed by atoms with Crippen molar-refractivity contribution in [2.45, 2.75) is 12.8 Å². The van der Waals surface area contributed by atoms with E-state index >= 15 is 0 Å². The molecule has 0 aromatic heterocycles. The van der Waals surface area contributed by atoms with Gasteiger partial charge in [0.05, 0.1) is 11.8 Å². The number of imide groups is 1. The van der Waals surface area contributed by atoms with Gasteiger partial charge in [0.25, 0.3) is 0 Å². The topological polar surface area (TPSA) is 66.5 Å². The summed E-state index contributed by atoms with van der Waals surface area (Å²) in [5.41, 5.74) is 0.633. The average molecular weight is 319 g/mol. The molecule has 1 heterocycles. The fourth-order valence-corrected chi connectivity index (χ4v) is 3.17. The van der Waals surface area contributed by atoms with Gasteiger partial charge in [0, 0.05) is 10.7 Å². The Morgan fingerprint density at radius 3 is 2.59 bits per heavy atom. The Kier molecular flexibility index (Phi) is 3.98. The van der Waals surface area contributed by atoms with E-state index in [1.54, 1.807) is 30.3 Å². The molecule has 1 aliphatic heterocycles. The molecule has 0 bridgehead atoms. The number of likely N-dealkylation sites (tertiary alicyclic amines) is 1. The number of carbonyl (C=O) groups is 3. The number of rotatable bonds is 3. The number of hydrogen-bond acceptors (Lipinski definition) is 3. The minimum absolute atomic E-state index is 0.253. The summed E-state index contributed by atoms with van der Waals surface area (Å²) < 4.78 is 0. The fraction of sp³-hybridized carbons (Fsp3) is 0.312. The lowest BCUT2D eigenvalue weighted by Gasteiger charge is -2.17. The Morgan fingerprint density at radius 1 is 1.18 bits per heavy atom. The second-order valence-corrected chi connectivity index (χ2v) is 5.97. The summed E-state index contributed by atoms with van der Waals surface area (Å²) in [4.78, 5) is 37.7. The third-order valence-electron chi connectivity index (χ3n) is 4.02. The molecule has 6 heteroatoms. The molecule has 114 valence electrons. The van der Waals surface area contributed by atoms with Gasteiger partial charge in [-0.1, -0.05) is 35.9 Å². The summed E-state index contributed by atoms with van der Waals surface area (Å²) in [5.74, 6) is -1.76. The van der Waals surface area contributed by atoms with Crippen molar-refractivity contribution in [1.82, 2.24) is 4.90 Å². The summed E-state index contributed by atoms with van der Waals surface area (Å²) in [7, 11) is 0. The first kappa shape index (κ1) is 14.8. The Labute approximate surface area is 132 Å². The van der Waals surface area contributed by atoms with E-state index in [0.29, 0.717) is 23.6 Å². The van der Waals surface area contributed by atoms with E-state index in [9.17, 15) is 14.4 Å². The van der Waals surface area contributed by atoms with Crippen molar-refractivity contribution in [1.29, 1.82) is 0 Å². The zero-order valence-electron chi connectivity index (χ0n) is 11.8. The van der Waals surface area contributed by atoms with Gasteiger partial charge in [-0.05, 0) is 25.0 Å². The van der Waals surface area contributed by atoms with Crippen LogP contribution in [0.25, 0.3) is 0 Å². The highest BCUT2D eigenvalue weighted by Gasteiger charge is 2.48. The molecule has 1 fully saturated rings. The Balaban J connectivity index is 1.67. The number of nitrogens with one attached hydrogen (secondary N) is 1. The lowest BCUT2D eigenvalue weighted by molar-refractivity contribution is -0.142. The van der Waals surface area contributed by atoms with Gasteiger partial charge in [-0.25, -0.2) is 0 Å². The zero-order valence-corrected chi connectivity index (χ0v) is 12.5. The van der Waals surface area contributed by atoms with Gasteiger partial charge in [0.15, 0.2) is 0 Å². The highest BCUT2D eigenvalue weighted by Crippen LogP contribution is 2.38. The molecule has 0 spiro atoms. The van der Waals surface area contributed by atoms with E-state index in [0.717, 1.165) is 4.90 Å². The van der Waals surface area contributed by atoms with Crippen molar-refractivity contribution in [3.63, 3.8) is 0 Å². The number of hydrogen-bond donors (Lipinski definition) is 1. The highest BCUT2D eigenvalue weighted by molar-refractivity contribution is 6.30. The lowest BCUT2D eigenvalue weighted by atomic mass is 9.85. The average Bonchev–Trinajstić information content (AvgIpc) is 2.73. The molecular weight excluding hydrogens is 304 g/mol. The third-order valence-corrected chi connectivity index (χ3v) is 4.33. The van der Waals surface area contributed by atoms with E-state index in [1.165, 1.54) is 0 Å². The SMILES string of the molecule is O=C(CN1C(=O)[C@H]2CC(Cl)=CC[C@H]2C1=O)Nc1ccccc1. The predicted octanol–water partition coefficient (Wildman–Crippen LogP) is 2.14. The van der Waals surface area contributed by atoms with Crippen LogP contribution < -0.4 is 5.32 Å². The third kappa shape index (κ3) is 2.76. The number of para-hydroxylation sites is 1. The standard InChI is InChI=1S/C16H15ClN2O3/c17-10-6-7-12-13(8-10)16(22)19(15(12)21)9-14(20)18-11-4-2-1-3-5-11/h1-6,12-13H,7-9H2,(H,18,20)/t12-,13+/m1/s1. The summed E-state index contributed by atoms with van der Waals surface area (Å²) in [6, 6.07) is 8.92. The molecule has 3 amide bonds. The maximum Gasteiger partial charge on any atom is 0.244 e. The second kappa shape index (κ2) is 5.93. The van der Waals surface area contributed by atoms with E-state index in [-0.39, 0.29) is 30.2 Å². The van der Waals surface area contributed by atoms with Gasteiger partial charge >= 0.3 is 0 Å². The minimum Gasteiger partial charge on any atom is -0.325 e. The first-order chi connectivity index (χ1) is 10.6. The largest absolute Gasteiger partial charge is 0.325 e. The Bertz CT molecular complexity index is 657. The Hall–Kier alpha value is -2.14. The van der Waals surface area contributed by atoms with Crippen LogP contribution in [0.5, 0.6) is 0 Å². The molecule has 1 saturated heterocycles. The molecule has 1 aromatic carbocycles. The molecule has 1 N–H and O–H groups in total. The number of nitrogens with zero attached hydrogens (tertiary/aromatic N) is 1. The number of carbonyl (C=O) groups excluding carboxylic acids is 3. The van der Waals surface area contributed by atoms with Crippen LogP contribution in [0.4, 0.5) is 5.69 Å². The van der Waals surface area contributed by atoms with Gasteiger partial charge < -0.3 is 5.32 Å². The number of anilines is 1. The highest BCUT2D eigenvalue weighted by atomic mass is 35.5. The number of halogens is 1. The predicted molar refractivity (Wildman–Crippen MR) is 81.9 cm³/mol. The number of amides is 3. The molecule has 22 heavy (non-hydrogen) atoms. The lowest BCUT2D eigenvalue weighted by Crippen LogP contribution is -2.38. The number of fused-ring (bicyclic) bond motifs is 1. The van der Waals surface area contributed by atoms with Crippen LogP contribution in [0, 0.1) is 11.8 Å². The van der Waals surface area contributed by atoms with Crippen LogP contribution in [0.15, 0.2) is 41.4 Å². The van der Waals surface area contributed by atoms with Crippen molar-refractivity contribution in [3.05, 3.63) is 41.4 Å². The van der Waals surface area contributed by atoms with Gasteiger partial charge in [-0.2, -0.15) is 0 Å². The van der Waals surface area contributed by atoms with Crippen molar-refractivity contribution < 1.29 is 14.4 Å². The van der Waals surface area contributed by atoms with Crippen LogP contribution in [0.1, 0.15) is 12.8 Å².